The van der Waals surface area contributed by atoms with Crippen LogP contribution >= 0.6 is 11.3 Å². The maximum Gasteiger partial charge on any atom is 0.204 e. The third-order valence-electron chi connectivity index (χ3n) is 3.70. The first kappa shape index (κ1) is 14.1. The van der Waals surface area contributed by atoms with E-state index in [9.17, 15) is 4.79 Å². The van der Waals surface area contributed by atoms with Gasteiger partial charge >= 0.3 is 0 Å². The first-order valence-corrected chi connectivity index (χ1v) is 7.99. The minimum Gasteiger partial charge on any atom is -0.497 e. The van der Waals surface area contributed by atoms with Crippen LogP contribution in [0.4, 0.5) is 5.13 Å². The number of carbonyl (C=O) groups excluding carboxylic acids is 1. The Balaban J connectivity index is 1.76. The molecule has 1 aliphatic rings. The van der Waals surface area contributed by atoms with Crippen LogP contribution < -0.4 is 9.64 Å². The Morgan fingerprint density at radius 2 is 1.90 bits per heavy atom. The molecule has 2 aromatic rings. The average molecular weight is 302 g/mol. The second kappa shape index (κ2) is 6.26. The van der Waals surface area contributed by atoms with Crippen molar-refractivity contribution in [3.8, 4) is 5.75 Å². The number of anilines is 1. The second-order valence-corrected chi connectivity index (χ2v) is 6.12. The van der Waals surface area contributed by atoms with E-state index < -0.39 is 0 Å². The molecule has 4 nitrogen and oxygen atoms in total. The van der Waals surface area contributed by atoms with Gasteiger partial charge in [0.2, 0.25) is 5.78 Å². The molecule has 1 aromatic heterocycles. The summed E-state index contributed by atoms with van der Waals surface area (Å²) in [5.74, 6) is 0.781. The molecule has 2 heterocycles. The zero-order valence-electron chi connectivity index (χ0n) is 12.0. The summed E-state index contributed by atoms with van der Waals surface area (Å²) >= 11 is 1.49. The van der Waals surface area contributed by atoms with E-state index in [-0.39, 0.29) is 5.78 Å². The number of hydrogen-bond acceptors (Lipinski definition) is 5. The van der Waals surface area contributed by atoms with E-state index in [2.05, 4.69) is 9.88 Å². The number of carbonyl (C=O) groups is 1. The molecular formula is C16H18N2O2S. The summed E-state index contributed by atoms with van der Waals surface area (Å²) in [6.07, 6.45) is 5.41. The number of benzene rings is 1. The number of rotatable bonds is 4. The lowest BCUT2D eigenvalue weighted by molar-refractivity contribution is 0.104. The van der Waals surface area contributed by atoms with Crippen LogP contribution in [0.3, 0.4) is 0 Å². The van der Waals surface area contributed by atoms with Gasteiger partial charge in [-0.3, -0.25) is 4.79 Å². The minimum atomic E-state index is 0.0263. The summed E-state index contributed by atoms with van der Waals surface area (Å²) in [5, 5.41) is 0.964. The molecule has 0 unspecified atom stereocenters. The van der Waals surface area contributed by atoms with Gasteiger partial charge in [0.25, 0.3) is 0 Å². The summed E-state index contributed by atoms with van der Waals surface area (Å²) in [6.45, 7) is 2.09. The fraction of sp³-hybridized carbons (Fsp3) is 0.375. The van der Waals surface area contributed by atoms with E-state index in [4.69, 9.17) is 4.74 Å². The Morgan fingerprint density at radius 3 is 2.57 bits per heavy atom. The molecule has 0 amide bonds. The van der Waals surface area contributed by atoms with Gasteiger partial charge in [0.05, 0.1) is 18.2 Å². The molecule has 3 rings (SSSR count). The van der Waals surface area contributed by atoms with E-state index >= 15 is 0 Å². The van der Waals surface area contributed by atoms with Crippen molar-refractivity contribution in [3.63, 3.8) is 0 Å². The lowest BCUT2D eigenvalue weighted by Crippen LogP contribution is -2.29. The molecule has 0 bridgehead atoms. The van der Waals surface area contributed by atoms with Crippen LogP contribution in [0.5, 0.6) is 5.75 Å². The molecule has 1 aromatic carbocycles. The van der Waals surface area contributed by atoms with Crippen LogP contribution in [0.15, 0.2) is 30.5 Å². The number of ketones is 1. The van der Waals surface area contributed by atoms with E-state index in [1.54, 1.807) is 37.6 Å². The molecular weight excluding hydrogens is 284 g/mol. The fourth-order valence-corrected chi connectivity index (χ4v) is 3.42. The zero-order chi connectivity index (χ0) is 14.7. The average Bonchev–Trinajstić information content (AvgIpc) is 3.05. The van der Waals surface area contributed by atoms with Gasteiger partial charge in [-0.2, -0.15) is 0 Å². The molecule has 0 N–H and O–H groups in total. The van der Waals surface area contributed by atoms with Gasteiger partial charge in [0, 0.05) is 18.7 Å². The highest BCUT2D eigenvalue weighted by Crippen LogP contribution is 2.27. The van der Waals surface area contributed by atoms with Crippen LogP contribution in [-0.4, -0.2) is 31.0 Å². The number of nitrogens with zero attached hydrogens (tertiary/aromatic N) is 2. The Morgan fingerprint density at radius 1 is 1.19 bits per heavy atom. The second-order valence-electron chi connectivity index (χ2n) is 5.11. The van der Waals surface area contributed by atoms with E-state index in [1.807, 2.05) is 0 Å². The van der Waals surface area contributed by atoms with Gasteiger partial charge in [-0.1, -0.05) is 11.3 Å². The molecule has 5 heteroatoms. The molecule has 1 fully saturated rings. The summed E-state index contributed by atoms with van der Waals surface area (Å²) in [6, 6.07) is 7.20. The highest BCUT2D eigenvalue weighted by atomic mass is 32.1. The van der Waals surface area contributed by atoms with Crippen molar-refractivity contribution >= 4 is 22.3 Å². The number of piperidine rings is 1. The van der Waals surface area contributed by atoms with Crippen molar-refractivity contribution in [2.24, 2.45) is 0 Å². The molecule has 0 spiro atoms. The largest absolute Gasteiger partial charge is 0.497 e. The molecule has 1 saturated heterocycles. The van der Waals surface area contributed by atoms with E-state index in [0.29, 0.717) is 10.4 Å². The lowest BCUT2D eigenvalue weighted by Gasteiger charge is -2.25. The molecule has 1 aliphatic heterocycles. The van der Waals surface area contributed by atoms with Gasteiger partial charge in [-0.05, 0) is 43.5 Å². The Kier molecular flexibility index (Phi) is 4.20. The van der Waals surface area contributed by atoms with Gasteiger partial charge in [-0.15, -0.1) is 0 Å². The normalized spacial score (nSPS) is 15.0. The van der Waals surface area contributed by atoms with Crippen molar-refractivity contribution in [3.05, 3.63) is 40.9 Å². The number of thiazole rings is 1. The Labute approximate surface area is 128 Å². The topological polar surface area (TPSA) is 42.4 Å². The number of ether oxygens (including phenoxy) is 1. The highest BCUT2D eigenvalue weighted by Gasteiger charge is 2.18. The highest BCUT2D eigenvalue weighted by molar-refractivity contribution is 7.17. The smallest absolute Gasteiger partial charge is 0.204 e. The standard InChI is InChI=1S/C16H18N2O2S/c1-20-13-7-5-12(6-8-13)15(19)14-11-17-16(21-14)18-9-3-2-4-10-18/h5-8,11H,2-4,9-10H2,1H3. The van der Waals surface area contributed by atoms with Crippen molar-refractivity contribution in [2.45, 2.75) is 19.3 Å². The molecule has 0 saturated carbocycles. The van der Waals surface area contributed by atoms with Crippen molar-refractivity contribution in [2.75, 3.05) is 25.1 Å². The third-order valence-corrected chi connectivity index (χ3v) is 4.75. The summed E-state index contributed by atoms with van der Waals surface area (Å²) in [5.41, 5.74) is 0.671. The quantitative estimate of drug-likeness (QED) is 0.812. The van der Waals surface area contributed by atoms with Crippen LogP contribution in [0.2, 0.25) is 0 Å². The lowest BCUT2D eigenvalue weighted by atomic mass is 10.1. The van der Waals surface area contributed by atoms with Crippen LogP contribution in [-0.2, 0) is 0 Å². The number of hydrogen-bond donors (Lipinski definition) is 0. The summed E-state index contributed by atoms with van der Waals surface area (Å²) in [7, 11) is 1.62. The van der Waals surface area contributed by atoms with Gasteiger partial charge in [-0.25, -0.2) is 4.98 Å². The molecule has 0 radical (unpaired) electrons. The van der Waals surface area contributed by atoms with Gasteiger partial charge in [0.15, 0.2) is 5.13 Å². The predicted octanol–water partition coefficient (Wildman–Crippen LogP) is 3.37. The minimum absolute atomic E-state index is 0.0263. The predicted molar refractivity (Wildman–Crippen MR) is 84.6 cm³/mol. The monoisotopic (exact) mass is 302 g/mol. The Hall–Kier alpha value is -1.88. The molecule has 0 aliphatic carbocycles. The van der Waals surface area contributed by atoms with Crippen molar-refractivity contribution in [1.29, 1.82) is 0 Å². The van der Waals surface area contributed by atoms with Crippen molar-refractivity contribution < 1.29 is 9.53 Å². The molecule has 110 valence electrons. The molecule has 0 atom stereocenters. The van der Waals surface area contributed by atoms with E-state index in [0.717, 1.165) is 24.0 Å². The Bertz CT molecular complexity index is 615. The first-order chi connectivity index (χ1) is 10.3. The first-order valence-electron chi connectivity index (χ1n) is 7.17. The molecule has 21 heavy (non-hydrogen) atoms. The van der Waals surface area contributed by atoms with Crippen LogP contribution in [0.1, 0.15) is 34.5 Å². The van der Waals surface area contributed by atoms with Crippen LogP contribution in [0, 0.1) is 0 Å². The number of aromatic nitrogens is 1. The maximum absolute atomic E-state index is 12.5. The fourth-order valence-electron chi connectivity index (χ4n) is 2.49. The van der Waals surface area contributed by atoms with Crippen molar-refractivity contribution in [1.82, 2.24) is 4.98 Å². The SMILES string of the molecule is COc1ccc(C(=O)c2cnc(N3CCCCC3)s2)cc1. The summed E-state index contributed by atoms with van der Waals surface area (Å²) < 4.78 is 5.11. The summed E-state index contributed by atoms with van der Waals surface area (Å²) in [4.78, 5) is 19.8. The zero-order valence-corrected chi connectivity index (χ0v) is 12.9. The van der Waals surface area contributed by atoms with Gasteiger partial charge in [0.1, 0.15) is 5.75 Å². The maximum atomic E-state index is 12.5. The number of methoxy groups -OCH3 is 1. The van der Waals surface area contributed by atoms with Crippen LogP contribution in [0.25, 0.3) is 0 Å². The van der Waals surface area contributed by atoms with E-state index in [1.165, 1.54) is 30.6 Å². The van der Waals surface area contributed by atoms with Gasteiger partial charge < -0.3 is 9.64 Å². The third kappa shape index (κ3) is 3.08.